The lowest BCUT2D eigenvalue weighted by Crippen LogP contribution is -2.41. The number of fused-ring (bicyclic) bond motifs is 2. The third-order valence-corrected chi connectivity index (χ3v) is 8.43. The molecule has 1 N–H and O–H groups in total. The minimum Gasteiger partial charge on any atom is -0.391 e. The first-order valence-electron chi connectivity index (χ1n) is 13.8. The number of halogens is 2. The number of hydrogen-bond donors (Lipinski definition) is 1. The van der Waals surface area contributed by atoms with Crippen molar-refractivity contribution in [2.75, 3.05) is 42.5 Å². The highest BCUT2D eigenvalue weighted by Crippen LogP contribution is 2.38. The fourth-order valence-corrected chi connectivity index (χ4v) is 6.03. The van der Waals surface area contributed by atoms with E-state index in [1.54, 1.807) is 28.8 Å². The number of benzene rings is 2. The molecule has 3 unspecified atom stereocenters. The van der Waals surface area contributed by atoms with E-state index in [4.69, 9.17) is 0 Å². The smallest absolute Gasteiger partial charge is 0.273 e. The number of anilines is 2. The number of nitrogens with zero attached hydrogens (tertiary/aromatic N) is 6. The number of hydrogen-bond acceptors (Lipinski definition) is 6. The van der Waals surface area contributed by atoms with Gasteiger partial charge >= 0.3 is 0 Å². The van der Waals surface area contributed by atoms with Crippen LogP contribution in [0.3, 0.4) is 0 Å². The molecule has 10 heteroatoms. The molecule has 3 aliphatic rings. The van der Waals surface area contributed by atoms with Crippen molar-refractivity contribution >= 4 is 23.1 Å². The van der Waals surface area contributed by atoms with Crippen molar-refractivity contribution in [3.8, 4) is 11.3 Å². The lowest BCUT2D eigenvalue weighted by atomic mass is 9.92. The minimum absolute atomic E-state index is 0.0426. The predicted molar refractivity (Wildman–Crippen MR) is 148 cm³/mol. The molecule has 5 heterocycles. The summed E-state index contributed by atoms with van der Waals surface area (Å²) in [5, 5.41) is 14.5. The summed E-state index contributed by atoms with van der Waals surface area (Å²) in [5.74, 6) is -0.0605. The van der Waals surface area contributed by atoms with Crippen molar-refractivity contribution < 1.29 is 18.7 Å². The second kappa shape index (κ2) is 9.55. The van der Waals surface area contributed by atoms with Crippen LogP contribution in [0.2, 0.25) is 0 Å². The summed E-state index contributed by atoms with van der Waals surface area (Å²) in [7, 11) is 0. The molecule has 1 amide bonds. The summed E-state index contributed by atoms with van der Waals surface area (Å²) in [6.45, 7) is 4.65. The quantitative estimate of drug-likeness (QED) is 0.407. The lowest BCUT2D eigenvalue weighted by Gasteiger charge is -2.37. The zero-order valence-electron chi connectivity index (χ0n) is 22.2. The summed E-state index contributed by atoms with van der Waals surface area (Å²) in [5.41, 5.74) is 3.52. The number of β-amino-alcohol motifs (C(OH)–C–C–N with tert-alkyl or cyclic N) is 1. The summed E-state index contributed by atoms with van der Waals surface area (Å²) in [6, 6.07) is 15.4. The van der Waals surface area contributed by atoms with Crippen molar-refractivity contribution in [1.82, 2.24) is 19.5 Å². The Morgan fingerprint density at radius 2 is 1.80 bits per heavy atom. The van der Waals surface area contributed by atoms with Gasteiger partial charge in [-0.15, -0.1) is 0 Å². The van der Waals surface area contributed by atoms with E-state index in [-0.39, 0.29) is 24.2 Å². The highest BCUT2D eigenvalue weighted by atomic mass is 19.1. The van der Waals surface area contributed by atoms with Crippen molar-refractivity contribution in [3.05, 3.63) is 77.2 Å². The first-order valence-corrected chi connectivity index (χ1v) is 13.8. The molecule has 0 radical (unpaired) electrons. The van der Waals surface area contributed by atoms with Gasteiger partial charge in [-0.1, -0.05) is 24.3 Å². The van der Waals surface area contributed by atoms with Gasteiger partial charge in [-0.2, -0.15) is 9.61 Å². The van der Waals surface area contributed by atoms with E-state index in [1.807, 2.05) is 36.1 Å². The van der Waals surface area contributed by atoms with E-state index in [2.05, 4.69) is 15.0 Å². The van der Waals surface area contributed by atoms with Crippen LogP contribution >= 0.6 is 0 Å². The van der Waals surface area contributed by atoms with Gasteiger partial charge < -0.3 is 19.8 Å². The number of amides is 1. The van der Waals surface area contributed by atoms with E-state index in [1.165, 1.54) is 11.0 Å². The monoisotopic (exact) mass is 544 g/mol. The van der Waals surface area contributed by atoms with Gasteiger partial charge in [-0.05, 0) is 49.1 Å². The van der Waals surface area contributed by atoms with Crippen LogP contribution in [0, 0.1) is 5.82 Å². The van der Waals surface area contributed by atoms with Crippen LogP contribution in [0.15, 0.2) is 54.6 Å². The highest BCUT2D eigenvalue weighted by Gasteiger charge is 2.35. The first kappa shape index (κ1) is 25.0. The summed E-state index contributed by atoms with van der Waals surface area (Å²) >= 11 is 0. The van der Waals surface area contributed by atoms with Crippen molar-refractivity contribution in [2.24, 2.45) is 0 Å². The minimum atomic E-state index is -1.27. The Morgan fingerprint density at radius 3 is 2.50 bits per heavy atom. The SMILES string of the molecule is CC1c2ccccc2C(F)CN1C(=O)c1cc(N2CCC2)n2nc(-c3ccc(N4CCC(O)C4)cc3F)cc2n1. The molecule has 2 saturated heterocycles. The zero-order valence-corrected chi connectivity index (χ0v) is 22.2. The molecule has 2 fully saturated rings. The Labute approximate surface area is 230 Å². The van der Waals surface area contributed by atoms with E-state index in [0.717, 1.165) is 30.8 Å². The summed E-state index contributed by atoms with van der Waals surface area (Å²) < 4.78 is 32.1. The molecule has 0 aliphatic carbocycles. The Hall–Kier alpha value is -4.05. The maximum absolute atomic E-state index is 15.3. The summed E-state index contributed by atoms with van der Waals surface area (Å²) in [6.07, 6.45) is 0.0106. The topological polar surface area (TPSA) is 77.2 Å². The molecule has 0 bridgehead atoms. The summed E-state index contributed by atoms with van der Waals surface area (Å²) in [4.78, 5) is 24.0. The van der Waals surface area contributed by atoms with E-state index < -0.39 is 18.1 Å². The Balaban J connectivity index is 1.25. The van der Waals surface area contributed by atoms with Crippen LogP contribution in [-0.2, 0) is 0 Å². The Kier molecular flexibility index (Phi) is 5.96. The van der Waals surface area contributed by atoms with Crippen LogP contribution in [0.5, 0.6) is 0 Å². The van der Waals surface area contributed by atoms with E-state index in [9.17, 15) is 9.90 Å². The predicted octanol–water partition coefficient (Wildman–Crippen LogP) is 4.54. The van der Waals surface area contributed by atoms with Gasteiger partial charge in [-0.25, -0.2) is 13.8 Å². The van der Waals surface area contributed by atoms with Crippen molar-refractivity contribution in [3.63, 3.8) is 0 Å². The number of rotatable bonds is 4. The molecule has 3 aliphatic heterocycles. The van der Waals surface area contributed by atoms with Crippen LogP contribution in [0.1, 0.15) is 53.6 Å². The van der Waals surface area contributed by atoms with Gasteiger partial charge in [0, 0.05) is 49.6 Å². The molecular formula is C30H30F2N6O2. The van der Waals surface area contributed by atoms with E-state index >= 15 is 8.78 Å². The lowest BCUT2D eigenvalue weighted by molar-refractivity contribution is 0.0585. The maximum Gasteiger partial charge on any atom is 0.273 e. The Bertz CT molecular complexity index is 1620. The fraction of sp³-hybridized carbons (Fsp3) is 0.367. The standard InChI is InChI=1S/C30H30F2N6O2/c1-18-21-5-2-3-6-22(21)25(32)17-37(18)30(40)27-15-29(35-10-4-11-35)38-28(33-27)14-26(34-38)23-8-7-19(13-24(23)31)36-12-9-20(39)16-36/h2-3,5-8,13-15,18,20,25,39H,4,9-12,16-17H2,1H3. The second-order valence-electron chi connectivity index (χ2n) is 10.9. The number of carbonyl (C=O) groups is 1. The molecule has 0 saturated carbocycles. The molecule has 2 aromatic carbocycles. The number of carbonyl (C=O) groups excluding carboxylic acids is 1. The molecule has 206 valence electrons. The third-order valence-electron chi connectivity index (χ3n) is 8.43. The van der Waals surface area contributed by atoms with Gasteiger partial charge in [-0.3, -0.25) is 4.79 Å². The second-order valence-corrected chi connectivity index (χ2v) is 10.9. The average Bonchev–Trinajstić information content (AvgIpc) is 3.55. The number of aromatic nitrogens is 3. The van der Waals surface area contributed by atoms with Crippen LogP contribution in [-0.4, -0.2) is 69.3 Å². The fourth-order valence-electron chi connectivity index (χ4n) is 6.03. The molecule has 4 aromatic rings. The third kappa shape index (κ3) is 4.09. The number of aliphatic hydroxyl groups is 1. The van der Waals surface area contributed by atoms with Crippen LogP contribution in [0.25, 0.3) is 16.9 Å². The maximum atomic E-state index is 15.3. The molecular weight excluding hydrogens is 514 g/mol. The largest absolute Gasteiger partial charge is 0.391 e. The van der Waals surface area contributed by atoms with Crippen LogP contribution < -0.4 is 9.80 Å². The molecule has 8 nitrogen and oxygen atoms in total. The molecule has 0 spiro atoms. The normalized spacial score (nSPS) is 22.5. The van der Waals surface area contributed by atoms with Gasteiger partial charge in [0.15, 0.2) is 5.65 Å². The van der Waals surface area contributed by atoms with Gasteiger partial charge in [0.1, 0.15) is 23.5 Å². The van der Waals surface area contributed by atoms with Crippen LogP contribution in [0.4, 0.5) is 20.3 Å². The average molecular weight is 545 g/mol. The Morgan fingerprint density at radius 1 is 1.00 bits per heavy atom. The number of aliphatic hydroxyl groups excluding tert-OH is 1. The molecule has 7 rings (SSSR count). The van der Waals surface area contributed by atoms with Crippen molar-refractivity contribution in [1.29, 1.82) is 0 Å². The molecule has 40 heavy (non-hydrogen) atoms. The van der Waals surface area contributed by atoms with Crippen molar-refractivity contribution in [2.45, 2.75) is 38.1 Å². The van der Waals surface area contributed by atoms with Gasteiger partial charge in [0.2, 0.25) is 0 Å². The van der Waals surface area contributed by atoms with E-state index in [0.29, 0.717) is 47.8 Å². The van der Waals surface area contributed by atoms with Gasteiger partial charge in [0.05, 0.1) is 24.4 Å². The first-order chi connectivity index (χ1) is 19.4. The highest BCUT2D eigenvalue weighted by molar-refractivity contribution is 5.94. The van der Waals surface area contributed by atoms with Gasteiger partial charge in [0.25, 0.3) is 5.91 Å². The molecule has 3 atom stereocenters. The number of alkyl halides is 1. The zero-order chi connectivity index (χ0) is 27.5. The molecule has 2 aromatic heterocycles.